The smallest absolute Gasteiger partial charge is 0.285 e. The molecule has 2 saturated heterocycles. The Bertz CT molecular complexity index is 1200. The fraction of sp³-hybridized carbons (Fsp3) is 0.591. The van der Waals surface area contributed by atoms with E-state index in [9.17, 15) is 13.0 Å². The van der Waals surface area contributed by atoms with Crippen molar-refractivity contribution in [3.05, 3.63) is 23.2 Å². The fourth-order valence-electron chi connectivity index (χ4n) is 4.67. The van der Waals surface area contributed by atoms with E-state index in [0.29, 0.717) is 22.2 Å². The van der Waals surface area contributed by atoms with Gasteiger partial charge in [-0.15, -0.1) is 0 Å². The summed E-state index contributed by atoms with van der Waals surface area (Å²) in [6.07, 6.45) is 3.44. The van der Waals surface area contributed by atoms with Crippen LogP contribution in [-0.2, 0) is 15.7 Å². The zero-order valence-electron chi connectivity index (χ0n) is 19.2. The topological polar surface area (TPSA) is 107 Å². The maximum atomic E-state index is 13.2. The van der Waals surface area contributed by atoms with Crippen LogP contribution >= 0.6 is 23.4 Å². The van der Waals surface area contributed by atoms with Crippen LogP contribution in [0.2, 0.25) is 5.15 Å². The van der Waals surface area contributed by atoms with Crippen LogP contribution in [-0.4, -0.2) is 61.9 Å². The van der Waals surface area contributed by atoms with E-state index in [2.05, 4.69) is 14.6 Å². The Morgan fingerprint density at radius 1 is 1.29 bits per heavy atom. The number of ether oxygens (including phenoxy) is 1. The van der Waals surface area contributed by atoms with Gasteiger partial charge in [0.15, 0.2) is 11.0 Å². The number of imidazole rings is 1. The molecule has 13 heteroatoms. The molecule has 3 N–H and O–H groups in total. The molecule has 1 aliphatic carbocycles. The molecule has 4 heterocycles. The Morgan fingerprint density at radius 3 is 2.60 bits per heavy atom. The van der Waals surface area contributed by atoms with Gasteiger partial charge in [0.05, 0.1) is 17.2 Å². The molecule has 0 amide bonds. The second-order valence-corrected chi connectivity index (χ2v) is 12.4. The van der Waals surface area contributed by atoms with Gasteiger partial charge in [0.2, 0.25) is 0 Å². The summed E-state index contributed by atoms with van der Waals surface area (Å²) in [4.78, 5) is 6.97. The predicted octanol–water partition coefficient (Wildman–Crippen LogP) is 4.46. The van der Waals surface area contributed by atoms with Gasteiger partial charge in [-0.05, 0) is 62.3 Å². The molecule has 2 aliphatic heterocycles. The first-order chi connectivity index (χ1) is 16.6. The van der Waals surface area contributed by atoms with E-state index < -0.39 is 22.5 Å². The van der Waals surface area contributed by atoms with Crippen LogP contribution in [0.5, 0.6) is 0 Å². The molecule has 0 radical (unpaired) electrons. The molecule has 3 fully saturated rings. The monoisotopic (exact) mass is 544 g/mol. The first-order valence-electron chi connectivity index (χ1n) is 11.5. The van der Waals surface area contributed by atoms with E-state index in [1.54, 1.807) is 10.6 Å². The lowest BCUT2D eigenvalue weighted by Gasteiger charge is -2.39. The number of halogens is 3. The number of hydrogen-bond donors (Lipinski definition) is 3. The highest BCUT2D eigenvalue weighted by Gasteiger charge is 2.40. The SMILES string of the molecule is CC1(NS(=O)c2cc(N3CCC4(CCOC4)CC3)c3c(Cl)nc(C(=N)SC(=N)C(F)F)n3c2)CC1. The zero-order valence-corrected chi connectivity index (χ0v) is 21.6. The van der Waals surface area contributed by atoms with Crippen molar-refractivity contribution in [3.63, 3.8) is 0 Å². The third-order valence-electron chi connectivity index (χ3n) is 7.16. The number of rotatable bonds is 6. The molecule has 190 valence electrons. The average Bonchev–Trinajstić information content (AvgIpc) is 3.22. The maximum Gasteiger partial charge on any atom is 0.285 e. The van der Waals surface area contributed by atoms with E-state index in [0.717, 1.165) is 64.1 Å². The lowest BCUT2D eigenvalue weighted by Crippen LogP contribution is -2.40. The summed E-state index contributed by atoms with van der Waals surface area (Å²) < 4.78 is 49.5. The summed E-state index contributed by atoms with van der Waals surface area (Å²) >= 11 is 6.87. The number of hydrogen-bond acceptors (Lipinski definition) is 7. The van der Waals surface area contributed by atoms with Crippen LogP contribution in [0, 0.1) is 16.2 Å². The summed E-state index contributed by atoms with van der Waals surface area (Å²) in [6, 6.07) is 1.85. The van der Waals surface area contributed by atoms with Gasteiger partial charge in [0.1, 0.15) is 26.6 Å². The highest BCUT2D eigenvalue weighted by Crippen LogP contribution is 2.42. The van der Waals surface area contributed by atoms with Gasteiger partial charge >= 0.3 is 0 Å². The third kappa shape index (κ3) is 5.00. The Kier molecular flexibility index (Phi) is 6.71. The van der Waals surface area contributed by atoms with Crippen molar-refractivity contribution in [2.75, 3.05) is 31.2 Å². The number of pyridine rings is 1. The van der Waals surface area contributed by atoms with Crippen molar-refractivity contribution in [2.45, 2.75) is 55.9 Å². The number of thioether (sulfide) groups is 1. The highest BCUT2D eigenvalue weighted by atomic mass is 35.5. The van der Waals surface area contributed by atoms with Gasteiger partial charge in [-0.1, -0.05) is 11.6 Å². The van der Waals surface area contributed by atoms with Gasteiger partial charge < -0.3 is 9.64 Å². The van der Waals surface area contributed by atoms with Crippen molar-refractivity contribution in [1.82, 2.24) is 14.1 Å². The minimum atomic E-state index is -2.98. The number of fused-ring (bicyclic) bond motifs is 1. The van der Waals surface area contributed by atoms with Crippen molar-refractivity contribution in [1.29, 1.82) is 10.8 Å². The van der Waals surface area contributed by atoms with E-state index in [-0.39, 0.29) is 27.0 Å². The molecule has 2 aromatic heterocycles. The molecule has 1 atom stereocenters. The van der Waals surface area contributed by atoms with Gasteiger partial charge in [0.25, 0.3) is 6.43 Å². The van der Waals surface area contributed by atoms with Crippen molar-refractivity contribution in [3.8, 4) is 0 Å². The van der Waals surface area contributed by atoms with Gasteiger partial charge in [-0.25, -0.2) is 22.7 Å². The highest BCUT2D eigenvalue weighted by molar-refractivity contribution is 8.26. The van der Waals surface area contributed by atoms with Crippen LogP contribution in [0.4, 0.5) is 14.5 Å². The van der Waals surface area contributed by atoms with Crippen molar-refractivity contribution < 1.29 is 17.7 Å². The summed E-state index contributed by atoms with van der Waals surface area (Å²) in [6.45, 7) is 5.10. The summed E-state index contributed by atoms with van der Waals surface area (Å²) in [7, 11) is -1.53. The quantitative estimate of drug-likeness (QED) is 0.368. The van der Waals surface area contributed by atoms with Crippen LogP contribution in [0.25, 0.3) is 5.52 Å². The lowest BCUT2D eigenvalue weighted by molar-refractivity contribution is 0.134. The molecule has 35 heavy (non-hydrogen) atoms. The van der Waals surface area contributed by atoms with Crippen LogP contribution in [0.15, 0.2) is 17.2 Å². The molecular formula is C22H27ClF2N6O2S2. The molecule has 1 spiro atoms. The van der Waals surface area contributed by atoms with Crippen molar-refractivity contribution in [2.24, 2.45) is 5.41 Å². The predicted molar refractivity (Wildman–Crippen MR) is 135 cm³/mol. The van der Waals surface area contributed by atoms with Gasteiger partial charge in [0, 0.05) is 31.4 Å². The molecule has 3 aliphatic rings. The van der Waals surface area contributed by atoms with Crippen LogP contribution in [0.3, 0.4) is 0 Å². The third-order valence-corrected chi connectivity index (χ3v) is 9.54. The number of piperidine rings is 1. The number of anilines is 1. The molecule has 8 nitrogen and oxygen atoms in total. The second-order valence-electron chi connectivity index (χ2n) is 9.82. The Balaban J connectivity index is 1.54. The Hall–Kier alpha value is -1.60. The minimum absolute atomic E-state index is 0.0378. The molecule has 1 saturated carbocycles. The molecule has 5 rings (SSSR count). The van der Waals surface area contributed by atoms with Crippen molar-refractivity contribution >= 4 is 55.6 Å². The number of alkyl halides is 2. The van der Waals surface area contributed by atoms with E-state index in [4.69, 9.17) is 27.2 Å². The minimum Gasteiger partial charge on any atom is -0.381 e. The van der Waals surface area contributed by atoms with Gasteiger partial charge in [-0.2, -0.15) is 0 Å². The number of nitrogens with zero attached hydrogens (tertiary/aromatic N) is 3. The van der Waals surface area contributed by atoms with E-state index in [1.165, 1.54) is 0 Å². The van der Waals surface area contributed by atoms with E-state index in [1.807, 2.05) is 13.0 Å². The Labute approximate surface area is 213 Å². The fourth-order valence-corrected chi connectivity index (χ4v) is 6.67. The normalized spacial score (nSPS) is 21.7. The Morgan fingerprint density at radius 2 is 2.00 bits per heavy atom. The van der Waals surface area contributed by atoms with Crippen LogP contribution in [0.1, 0.15) is 44.9 Å². The number of aromatic nitrogens is 2. The van der Waals surface area contributed by atoms with Crippen LogP contribution < -0.4 is 9.62 Å². The summed E-state index contributed by atoms with van der Waals surface area (Å²) in [5.74, 6) is 0.0378. The standard InChI is InChI=1S/C22H27ClF2N6O2S2/c1-21(2-3-21)29-35(32)13-10-14(30-7-4-22(5-8-30)6-9-33-12-22)15-16(23)28-20(31(15)11-13)19(27)34-18(26)17(24)25/h10-11,17,26-27,29H,2-9,12H2,1H3. The largest absolute Gasteiger partial charge is 0.381 e. The van der Waals surface area contributed by atoms with E-state index >= 15 is 0 Å². The molecule has 0 aromatic carbocycles. The summed E-state index contributed by atoms with van der Waals surface area (Å²) in [5.41, 5.74) is 1.30. The average molecular weight is 545 g/mol. The molecular weight excluding hydrogens is 518 g/mol. The zero-order chi connectivity index (χ0) is 25.0. The molecule has 1 unspecified atom stereocenters. The number of nitrogens with one attached hydrogen (secondary N) is 3. The lowest BCUT2D eigenvalue weighted by atomic mass is 9.78. The second kappa shape index (κ2) is 9.37. The molecule has 2 aromatic rings. The molecule has 0 bridgehead atoms. The maximum absolute atomic E-state index is 13.2. The first kappa shape index (κ1) is 25.1. The van der Waals surface area contributed by atoms with Gasteiger partial charge in [-0.3, -0.25) is 15.2 Å². The first-order valence-corrected chi connectivity index (χ1v) is 13.8. The summed E-state index contributed by atoms with van der Waals surface area (Å²) in [5, 5.41) is 14.7.